The molecule has 0 aromatic heterocycles. The SMILES string of the molecule is CNCc1cc(S(=O)(=O)NCC2CSCCS2)ccc1Cl. The molecule has 1 saturated heterocycles. The van der Waals surface area contributed by atoms with Crippen LogP contribution in [0.25, 0.3) is 0 Å². The van der Waals surface area contributed by atoms with Crippen molar-refractivity contribution in [2.75, 3.05) is 30.9 Å². The van der Waals surface area contributed by atoms with Gasteiger partial charge in [0.1, 0.15) is 0 Å². The van der Waals surface area contributed by atoms with Gasteiger partial charge in [-0.25, -0.2) is 13.1 Å². The van der Waals surface area contributed by atoms with Gasteiger partial charge in [0.05, 0.1) is 4.90 Å². The summed E-state index contributed by atoms with van der Waals surface area (Å²) in [5, 5.41) is 3.90. The molecule has 0 aliphatic carbocycles. The predicted molar refractivity (Wildman–Crippen MR) is 93.0 cm³/mol. The van der Waals surface area contributed by atoms with Crippen LogP contribution in [0.5, 0.6) is 0 Å². The lowest BCUT2D eigenvalue weighted by atomic mass is 10.2. The number of halogens is 1. The summed E-state index contributed by atoms with van der Waals surface area (Å²) in [5.74, 6) is 3.24. The Morgan fingerprint density at radius 1 is 1.38 bits per heavy atom. The van der Waals surface area contributed by atoms with E-state index in [1.807, 2.05) is 23.5 Å². The van der Waals surface area contributed by atoms with Crippen molar-refractivity contribution in [1.82, 2.24) is 10.0 Å². The molecular weight excluding hydrogens is 348 g/mol. The maximum absolute atomic E-state index is 12.4. The normalized spacial score (nSPS) is 19.6. The van der Waals surface area contributed by atoms with Crippen LogP contribution in [0.3, 0.4) is 0 Å². The molecule has 1 aromatic carbocycles. The molecule has 118 valence electrons. The molecule has 0 bridgehead atoms. The first-order chi connectivity index (χ1) is 10.0. The highest BCUT2D eigenvalue weighted by molar-refractivity contribution is 8.06. The molecule has 0 amide bonds. The van der Waals surface area contributed by atoms with Crippen molar-refractivity contribution in [3.8, 4) is 0 Å². The largest absolute Gasteiger partial charge is 0.316 e. The zero-order valence-electron chi connectivity index (χ0n) is 11.8. The molecule has 1 aromatic rings. The molecule has 1 heterocycles. The Kier molecular flexibility index (Phi) is 6.71. The standard InChI is InChI=1S/C13H19ClN2O2S3/c1-15-7-10-6-12(2-3-13(10)14)21(17,18)16-8-11-9-19-4-5-20-11/h2-3,6,11,15-16H,4-5,7-9H2,1H3. The summed E-state index contributed by atoms with van der Waals surface area (Å²) >= 11 is 9.78. The molecule has 8 heteroatoms. The van der Waals surface area contributed by atoms with Crippen LogP contribution in [0.1, 0.15) is 5.56 Å². The molecule has 0 saturated carbocycles. The van der Waals surface area contributed by atoms with Gasteiger partial charge in [0, 0.05) is 40.6 Å². The molecule has 0 radical (unpaired) electrons. The summed E-state index contributed by atoms with van der Waals surface area (Å²) in [4.78, 5) is 0.269. The van der Waals surface area contributed by atoms with E-state index in [0.29, 0.717) is 23.4 Å². The minimum Gasteiger partial charge on any atom is -0.316 e. The van der Waals surface area contributed by atoms with Crippen molar-refractivity contribution in [3.63, 3.8) is 0 Å². The van der Waals surface area contributed by atoms with Gasteiger partial charge in [0.25, 0.3) is 0 Å². The molecule has 4 nitrogen and oxygen atoms in total. The van der Waals surface area contributed by atoms with Crippen LogP contribution in [0.15, 0.2) is 23.1 Å². The van der Waals surface area contributed by atoms with Crippen molar-refractivity contribution in [1.29, 1.82) is 0 Å². The Morgan fingerprint density at radius 3 is 2.86 bits per heavy atom. The monoisotopic (exact) mass is 366 g/mol. The summed E-state index contributed by atoms with van der Waals surface area (Å²) in [6.07, 6.45) is 0. The zero-order valence-corrected chi connectivity index (χ0v) is 15.0. The van der Waals surface area contributed by atoms with Gasteiger partial charge in [-0.15, -0.1) is 0 Å². The highest BCUT2D eigenvalue weighted by Gasteiger charge is 2.20. The average molecular weight is 367 g/mol. The molecule has 2 rings (SSSR count). The van der Waals surface area contributed by atoms with E-state index in [-0.39, 0.29) is 4.90 Å². The minimum absolute atomic E-state index is 0.269. The fraction of sp³-hybridized carbons (Fsp3) is 0.538. The van der Waals surface area contributed by atoms with Crippen LogP contribution >= 0.6 is 35.1 Å². The first-order valence-corrected chi connectivity index (χ1v) is 10.7. The first kappa shape index (κ1) is 17.4. The lowest BCUT2D eigenvalue weighted by Crippen LogP contribution is -2.33. The van der Waals surface area contributed by atoms with E-state index in [4.69, 9.17) is 11.6 Å². The van der Waals surface area contributed by atoms with Crippen LogP contribution < -0.4 is 10.0 Å². The number of thioether (sulfide) groups is 2. The van der Waals surface area contributed by atoms with Gasteiger partial charge in [-0.05, 0) is 30.8 Å². The third-order valence-electron chi connectivity index (χ3n) is 3.08. The number of sulfonamides is 1. The van der Waals surface area contributed by atoms with Crippen LogP contribution in [-0.4, -0.2) is 44.5 Å². The lowest BCUT2D eigenvalue weighted by molar-refractivity contribution is 0.581. The summed E-state index contributed by atoms with van der Waals surface area (Å²) < 4.78 is 27.4. The van der Waals surface area contributed by atoms with Crippen LogP contribution in [0.4, 0.5) is 0 Å². The van der Waals surface area contributed by atoms with Crippen LogP contribution in [0, 0.1) is 0 Å². The van der Waals surface area contributed by atoms with E-state index in [2.05, 4.69) is 10.0 Å². The van der Waals surface area contributed by atoms with Crippen LogP contribution in [-0.2, 0) is 16.6 Å². The highest BCUT2D eigenvalue weighted by atomic mass is 35.5. The van der Waals surface area contributed by atoms with Crippen molar-refractivity contribution in [2.24, 2.45) is 0 Å². The second-order valence-electron chi connectivity index (χ2n) is 4.70. The van der Waals surface area contributed by atoms with Gasteiger partial charge < -0.3 is 5.32 Å². The molecule has 1 aliphatic heterocycles. The minimum atomic E-state index is -3.48. The van der Waals surface area contributed by atoms with Gasteiger partial charge in [-0.3, -0.25) is 0 Å². The van der Waals surface area contributed by atoms with Crippen molar-refractivity contribution >= 4 is 45.1 Å². The molecule has 21 heavy (non-hydrogen) atoms. The first-order valence-electron chi connectivity index (χ1n) is 6.65. The molecule has 2 N–H and O–H groups in total. The van der Waals surface area contributed by atoms with E-state index in [1.165, 1.54) is 0 Å². The van der Waals surface area contributed by atoms with E-state index >= 15 is 0 Å². The quantitative estimate of drug-likeness (QED) is 0.808. The number of nitrogens with one attached hydrogen (secondary N) is 2. The average Bonchev–Trinajstić information content (AvgIpc) is 2.49. The van der Waals surface area contributed by atoms with Crippen LogP contribution in [0.2, 0.25) is 5.02 Å². The second-order valence-corrected chi connectivity index (χ2v) is 9.44. The highest BCUT2D eigenvalue weighted by Crippen LogP contribution is 2.24. The summed E-state index contributed by atoms with van der Waals surface area (Å²) in [6.45, 7) is 1.02. The van der Waals surface area contributed by atoms with Gasteiger partial charge in [0.2, 0.25) is 10.0 Å². The number of hydrogen-bond donors (Lipinski definition) is 2. The Morgan fingerprint density at radius 2 is 2.19 bits per heavy atom. The summed E-state index contributed by atoms with van der Waals surface area (Å²) in [5.41, 5.74) is 0.782. The molecule has 0 spiro atoms. The summed E-state index contributed by atoms with van der Waals surface area (Å²) in [6, 6.07) is 4.81. The van der Waals surface area contributed by atoms with Gasteiger partial charge in [-0.2, -0.15) is 23.5 Å². The third-order valence-corrected chi connectivity index (χ3v) is 7.72. The molecule has 1 aliphatic rings. The Labute approximate surface area is 139 Å². The van der Waals surface area contributed by atoms with E-state index in [1.54, 1.807) is 25.2 Å². The Hall–Kier alpha value is 0.0800. The number of rotatable bonds is 6. The zero-order chi connectivity index (χ0) is 15.3. The van der Waals surface area contributed by atoms with E-state index < -0.39 is 10.0 Å². The lowest BCUT2D eigenvalue weighted by Gasteiger charge is -2.21. The third kappa shape index (κ3) is 5.04. The predicted octanol–water partition coefficient (Wildman–Crippen LogP) is 2.19. The maximum atomic E-state index is 12.4. The number of hydrogen-bond acceptors (Lipinski definition) is 5. The fourth-order valence-corrected chi connectivity index (χ4v) is 6.02. The fourth-order valence-electron chi connectivity index (χ4n) is 1.98. The summed E-state index contributed by atoms with van der Waals surface area (Å²) in [7, 11) is -1.68. The van der Waals surface area contributed by atoms with Gasteiger partial charge >= 0.3 is 0 Å². The van der Waals surface area contributed by atoms with Gasteiger partial charge in [-0.1, -0.05) is 11.6 Å². The second kappa shape index (κ2) is 8.08. The van der Waals surface area contributed by atoms with Gasteiger partial charge in [0.15, 0.2) is 0 Å². The Bertz CT molecular complexity index is 575. The van der Waals surface area contributed by atoms with Crippen molar-refractivity contribution in [3.05, 3.63) is 28.8 Å². The van der Waals surface area contributed by atoms with Crippen molar-refractivity contribution in [2.45, 2.75) is 16.7 Å². The van der Waals surface area contributed by atoms with Crippen molar-refractivity contribution < 1.29 is 8.42 Å². The molecule has 1 fully saturated rings. The smallest absolute Gasteiger partial charge is 0.240 e. The number of benzene rings is 1. The van der Waals surface area contributed by atoms with E-state index in [0.717, 1.165) is 22.8 Å². The van der Waals surface area contributed by atoms with E-state index in [9.17, 15) is 8.42 Å². The Balaban J connectivity index is 2.06. The maximum Gasteiger partial charge on any atom is 0.240 e. The molecule has 1 atom stereocenters. The molecule has 1 unspecified atom stereocenters. The molecular formula is C13H19ClN2O2S3. The topological polar surface area (TPSA) is 58.2 Å².